The number of benzene rings is 2. The van der Waals surface area contributed by atoms with Gasteiger partial charge in [-0.05, 0) is 42.2 Å². The molecule has 3 fully saturated rings. The van der Waals surface area contributed by atoms with Crippen LogP contribution in [-0.4, -0.2) is 58.8 Å². The number of nitrogens with zero attached hydrogens (tertiary/aromatic N) is 2. The van der Waals surface area contributed by atoms with Crippen LogP contribution in [0.3, 0.4) is 0 Å². The van der Waals surface area contributed by atoms with Crippen molar-refractivity contribution in [3.8, 4) is 17.2 Å². The Labute approximate surface area is 230 Å². The normalized spacial score (nSPS) is 28.1. The lowest BCUT2D eigenvalue weighted by Crippen LogP contribution is -2.56. The van der Waals surface area contributed by atoms with Gasteiger partial charge in [-0.2, -0.15) is 5.26 Å². The first-order valence-corrected chi connectivity index (χ1v) is 13.7. The van der Waals surface area contributed by atoms with Gasteiger partial charge in [-0.15, -0.1) is 0 Å². The summed E-state index contributed by atoms with van der Waals surface area (Å²) in [5.41, 5.74) is 0.0380. The zero-order valence-electron chi connectivity index (χ0n) is 21.8. The molecule has 5 atom stereocenters. The van der Waals surface area contributed by atoms with Crippen molar-refractivity contribution in [1.82, 2.24) is 15.5 Å². The Bertz CT molecular complexity index is 1380. The van der Waals surface area contributed by atoms with Gasteiger partial charge < -0.3 is 20.6 Å². The molecule has 5 unspecified atom stereocenters. The molecule has 208 valence electrons. The van der Waals surface area contributed by atoms with E-state index in [0.29, 0.717) is 35.2 Å². The quantitative estimate of drug-likeness (QED) is 0.531. The molecule has 0 aromatic heterocycles. The highest BCUT2D eigenvalue weighted by molar-refractivity contribution is 6.01. The number of fused-ring (bicyclic) bond motifs is 4. The summed E-state index contributed by atoms with van der Waals surface area (Å²) >= 11 is 0. The topological polar surface area (TPSA) is 123 Å². The number of alkyl halides is 2. The summed E-state index contributed by atoms with van der Waals surface area (Å²) in [6.07, 6.45) is 0.405. The van der Waals surface area contributed by atoms with E-state index in [-0.39, 0.29) is 18.9 Å². The fourth-order valence-corrected chi connectivity index (χ4v) is 7.24. The summed E-state index contributed by atoms with van der Waals surface area (Å²) in [6, 6.07) is 13.7. The van der Waals surface area contributed by atoms with E-state index in [2.05, 4.69) is 10.6 Å². The molecular weight excluding hydrogens is 518 g/mol. The number of amides is 3. The summed E-state index contributed by atoms with van der Waals surface area (Å²) in [5.74, 6) is -6.53. The number of hydrogen-bond acceptors (Lipinski definition) is 5. The van der Waals surface area contributed by atoms with Crippen molar-refractivity contribution in [1.29, 1.82) is 5.26 Å². The standard InChI is InChI=1S/C30H30F2N4O4/c31-29(32)13-18-16-36(28(39)30(40)23-9-3-1-7-20(23)21-8-2-4-10-24(21)30)25(22(18)14-29)27(38)35-19(15-33)12-17-6-5-11-34-26(17)37/h1-4,7-10,17-19,22,25,40H,5-6,11-14,16H2,(H,34,37)(H,35,38). The van der Waals surface area contributed by atoms with E-state index >= 15 is 0 Å². The third kappa shape index (κ3) is 4.15. The van der Waals surface area contributed by atoms with Gasteiger partial charge in [-0.25, -0.2) is 8.78 Å². The maximum Gasteiger partial charge on any atom is 0.264 e. The van der Waals surface area contributed by atoms with Gasteiger partial charge in [0.15, 0.2) is 5.60 Å². The van der Waals surface area contributed by atoms with Crippen molar-refractivity contribution in [2.24, 2.45) is 17.8 Å². The Hall–Kier alpha value is -3.84. The first kappa shape index (κ1) is 26.4. The van der Waals surface area contributed by atoms with Crippen LogP contribution in [0.4, 0.5) is 8.78 Å². The Kier molecular flexibility index (Phi) is 6.37. The van der Waals surface area contributed by atoms with E-state index in [1.165, 1.54) is 4.90 Å². The first-order chi connectivity index (χ1) is 19.1. The maximum atomic E-state index is 14.5. The minimum Gasteiger partial charge on any atom is -0.372 e. The van der Waals surface area contributed by atoms with Gasteiger partial charge in [0.1, 0.15) is 12.1 Å². The number of nitrogens with one attached hydrogen (secondary N) is 2. The Morgan fingerprint density at radius 2 is 1.77 bits per heavy atom. The zero-order valence-corrected chi connectivity index (χ0v) is 21.8. The average Bonchev–Trinajstić information content (AvgIpc) is 3.53. The van der Waals surface area contributed by atoms with E-state index in [9.17, 15) is 33.5 Å². The summed E-state index contributed by atoms with van der Waals surface area (Å²) in [5, 5.41) is 27.3. The second-order valence-electron chi connectivity index (χ2n) is 11.4. The SMILES string of the molecule is N#CC(CC1CCCNC1=O)NC(=O)C1C2CC(F)(F)CC2CN1C(=O)C1(O)c2ccccc2-c2ccccc21. The predicted molar refractivity (Wildman–Crippen MR) is 139 cm³/mol. The lowest BCUT2D eigenvalue weighted by atomic mass is 9.88. The molecule has 2 saturated heterocycles. The molecule has 3 N–H and O–H groups in total. The van der Waals surface area contributed by atoms with Crippen LogP contribution >= 0.6 is 0 Å². The summed E-state index contributed by atoms with van der Waals surface area (Å²) in [4.78, 5) is 41.5. The molecule has 10 heteroatoms. The number of piperidine rings is 1. The van der Waals surface area contributed by atoms with Crippen molar-refractivity contribution < 1.29 is 28.3 Å². The van der Waals surface area contributed by atoms with Crippen LogP contribution in [0.5, 0.6) is 0 Å². The van der Waals surface area contributed by atoms with Gasteiger partial charge in [-0.3, -0.25) is 14.4 Å². The molecule has 2 aliphatic carbocycles. The van der Waals surface area contributed by atoms with Crippen molar-refractivity contribution in [2.75, 3.05) is 13.1 Å². The van der Waals surface area contributed by atoms with Gasteiger partial charge >= 0.3 is 0 Å². The molecule has 6 rings (SSSR count). The molecule has 3 amide bonds. The molecule has 2 aromatic carbocycles. The van der Waals surface area contributed by atoms with E-state index in [0.717, 1.165) is 6.42 Å². The van der Waals surface area contributed by atoms with E-state index in [1.54, 1.807) is 36.4 Å². The zero-order chi connectivity index (χ0) is 28.2. The fourth-order valence-electron chi connectivity index (χ4n) is 7.24. The van der Waals surface area contributed by atoms with Gasteiger partial charge in [0.25, 0.3) is 5.91 Å². The number of likely N-dealkylation sites (tertiary alicyclic amines) is 1. The second kappa shape index (κ2) is 9.66. The van der Waals surface area contributed by atoms with Gasteiger partial charge in [0.2, 0.25) is 17.7 Å². The number of halogens is 2. The maximum absolute atomic E-state index is 14.5. The summed E-state index contributed by atoms with van der Waals surface area (Å²) in [6.45, 7) is 0.455. The van der Waals surface area contributed by atoms with Gasteiger partial charge in [-0.1, -0.05) is 48.5 Å². The number of hydrogen-bond donors (Lipinski definition) is 3. The average molecular weight is 549 g/mol. The monoisotopic (exact) mass is 548 g/mol. The molecule has 2 aromatic rings. The smallest absolute Gasteiger partial charge is 0.264 e. The van der Waals surface area contributed by atoms with Gasteiger partial charge in [0.05, 0.1) is 6.07 Å². The van der Waals surface area contributed by atoms with Crippen LogP contribution in [-0.2, 0) is 20.0 Å². The third-order valence-corrected chi connectivity index (χ3v) is 9.03. The predicted octanol–water partition coefficient (Wildman–Crippen LogP) is 2.70. The Morgan fingerprint density at radius 3 is 2.40 bits per heavy atom. The molecular formula is C30H30F2N4O4. The molecule has 4 aliphatic rings. The molecule has 0 bridgehead atoms. The van der Waals surface area contributed by atoms with Crippen LogP contribution in [0.15, 0.2) is 48.5 Å². The first-order valence-electron chi connectivity index (χ1n) is 13.7. The van der Waals surface area contributed by atoms with Crippen molar-refractivity contribution in [2.45, 2.75) is 55.7 Å². The molecule has 0 radical (unpaired) electrons. The van der Waals surface area contributed by atoms with Crippen molar-refractivity contribution in [3.63, 3.8) is 0 Å². The van der Waals surface area contributed by atoms with Crippen molar-refractivity contribution >= 4 is 17.7 Å². The number of nitriles is 1. The number of carbonyl (C=O) groups excluding carboxylic acids is 3. The molecule has 8 nitrogen and oxygen atoms in total. The molecule has 0 spiro atoms. The highest BCUT2D eigenvalue weighted by Gasteiger charge is 2.61. The molecule has 2 aliphatic heterocycles. The Balaban J connectivity index is 1.32. The largest absolute Gasteiger partial charge is 0.372 e. The summed E-state index contributed by atoms with van der Waals surface area (Å²) in [7, 11) is 0. The lowest BCUT2D eigenvalue weighted by molar-refractivity contribution is -0.153. The Morgan fingerprint density at radius 1 is 1.12 bits per heavy atom. The lowest BCUT2D eigenvalue weighted by Gasteiger charge is -2.35. The van der Waals surface area contributed by atoms with Gasteiger partial charge in [0, 0.05) is 43.0 Å². The minimum atomic E-state index is -2.97. The molecule has 40 heavy (non-hydrogen) atoms. The van der Waals surface area contributed by atoms with E-state index in [4.69, 9.17) is 0 Å². The third-order valence-electron chi connectivity index (χ3n) is 9.03. The molecule has 1 saturated carbocycles. The highest BCUT2D eigenvalue weighted by Crippen LogP contribution is 2.53. The van der Waals surface area contributed by atoms with E-state index < -0.39 is 66.0 Å². The minimum absolute atomic E-state index is 0.0870. The number of aliphatic hydroxyl groups is 1. The van der Waals surface area contributed by atoms with E-state index in [1.807, 2.05) is 18.2 Å². The van der Waals surface area contributed by atoms with Crippen LogP contribution in [0.2, 0.25) is 0 Å². The number of carbonyl (C=O) groups is 3. The highest BCUT2D eigenvalue weighted by atomic mass is 19.3. The summed E-state index contributed by atoms with van der Waals surface area (Å²) < 4.78 is 29.0. The van der Waals surface area contributed by atoms with Crippen LogP contribution in [0.1, 0.15) is 43.2 Å². The number of rotatable bonds is 5. The second-order valence-corrected chi connectivity index (χ2v) is 11.4. The van der Waals surface area contributed by atoms with Crippen molar-refractivity contribution in [3.05, 3.63) is 59.7 Å². The molecule has 2 heterocycles. The van der Waals surface area contributed by atoms with Crippen LogP contribution < -0.4 is 10.6 Å². The van der Waals surface area contributed by atoms with Crippen LogP contribution in [0.25, 0.3) is 11.1 Å². The fraction of sp³-hybridized carbons (Fsp3) is 0.467. The van der Waals surface area contributed by atoms with Crippen LogP contribution in [0, 0.1) is 29.1 Å².